The third-order valence-corrected chi connectivity index (χ3v) is 3.56. The molecule has 1 fully saturated rings. The minimum Gasteiger partial charge on any atom is -0.460 e. The van der Waals surface area contributed by atoms with Gasteiger partial charge in [-0.05, 0) is 32.1 Å². The lowest BCUT2D eigenvalue weighted by Gasteiger charge is -2.22. The molecule has 0 radical (unpaired) electrons. The van der Waals surface area contributed by atoms with Gasteiger partial charge in [0.25, 0.3) is 0 Å². The molecule has 1 rings (SSSR count). The second-order valence-electron chi connectivity index (χ2n) is 5.33. The van der Waals surface area contributed by atoms with Crippen LogP contribution in [0.5, 0.6) is 0 Å². The standard InChI is InChI=1S/C16H25NO3/c1-4-6-11-15(18)17-13-9-7-10-14(13)20-16(19)12(3)8-5-2/h4-5,12-14H,1-2,6-11H2,3H3,(H,17,18)/t12?,13-,14-/m0/s1. The van der Waals surface area contributed by atoms with E-state index < -0.39 is 0 Å². The lowest BCUT2D eigenvalue weighted by Crippen LogP contribution is -2.42. The summed E-state index contributed by atoms with van der Waals surface area (Å²) in [5.41, 5.74) is 0. The van der Waals surface area contributed by atoms with E-state index in [1.165, 1.54) is 0 Å². The molecule has 1 N–H and O–H groups in total. The monoisotopic (exact) mass is 279 g/mol. The number of amides is 1. The van der Waals surface area contributed by atoms with Crippen LogP contribution in [0.3, 0.4) is 0 Å². The molecule has 0 aromatic heterocycles. The molecule has 0 bridgehead atoms. The second-order valence-corrected chi connectivity index (χ2v) is 5.33. The quantitative estimate of drug-likeness (QED) is 0.549. The Morgan fingerprint density at radius 3 is 2.75 bits per heavy atom. The molecule has 4 nitrogen and oxygen atoms in total. The van der Waals surface area contributed by atoms with Gasteiger partial charge < -0.3 is 10.1 Å². The molecule has 0 aromatic carbocycles. The Kier molecular flexibility index (Phi) is 7.05. The van der Waals surface area contributed by atoms with Gasteiger partial charge in [0, 0.05) is 6.42 Å². The summed E-state index contributed by atoms with van der Waals surface area (Å²) < 4.78 is 5.52. The van der Waals surface area contributed by atoms with E-state index in [-0.39, 0.29) is 29.9 Å². The normalized spacial score (nSPS) is 22.9. The molecule has 0 aromatic rings. The molecule has 1 aliphatic rings. The summed E-state index contributed by atoms with van der Waals surface area (Å²) in [6.07, 6.45) is 7.63. The zero-order chi connectivity index (χ0) is 15.0. The molecule has 1 amide bonds. The molecular weight excluding hydrogens is 254 g/mol. The first-order valence-electron chi connectivity index (χ1n) is 7.30. The topological polar surface area (TPSA) is 55.4 Å². The van der Waals surface area contributed by atoms with Crippen LogP contribution in [0.15, 0.2) is 25.3 Å². The van der Waals surface area contributed by atoms with Crippen LogP contribution in [0, 0.1) is 5.92 Å². The van der Waals surface area contributed by atoms with Gasteiger partial charge >= 0.3 is 5.97 Å². The molecule has 0 saturated heterocycles. The van der Waals surface area contributed by atoms with Crippen LogP contribution in [0.2, 0.25) is 0 Å². The van der Waals surface area contributed by atoms with Gasteiger partial charge in [-0.3, -0.25) is 9.59 Å². The fourth-order valence-corrected chi connectivity index (χ4v) is 2.36. The number of allylic oxidation sites excluding steroid dienone is 2. The second kappa shape index (κ2) is 8.56. The number of nitrogens with one attached hydrogen (secondary N) is 1. The third kappa shape index (κ3) is 5.19. The summed E-state index contributed by atoms with van der Waals surface area (Å²) in [6, 6.07) is -0.0489. The van der Waals surface area contributed by atoms with Crippen molar-refractivity contribution in [1.82, 2.24) is 5.32 Å². The summed E-state index contributed by atoms with van der Waals surface area (Å²) in [4.78, 5) is 23.6. The SMILES string of the molecule is C=CCCC(=O)N[C@H]1CCC[C@@H]1OC(=O)C(C)CC=C. The van der Waals surface area contributed by atoms with Crippen LogP contribution in [0.4, 0.5) is 0 Å². The highest BCUT2D eigenvalue weighted by Crippen LogP contribution is 2.23. The minimum atomic E-state index is -0.206. The van der Waals surface area contributed by atoms with Crippen molar-refractivity contribution >= 4 is 11.9 Å². The Balaban J connectivity index is 2.44. The summed E-state index contributed by atoms with van der Waals surface area (Å²) >= 11 is 0. The van der Waals surface area contributed by atoms with Crippen LogP contribution in [0.1, 0.15) is 45.4 Å². The summed E-state index contributed by atoms with van der Waals surface area (Å²) in [7, 11) is 0. The van der Waals surface area contributed by atoms with Crippen LogP contribution in [-0.2, 0) is 14.3 Å². The summed E-state index contributed by atoms with van der Waals surface area (Å²) in [6.45, 7) is 9.05. The number of hydrogen-bond donors (Lipinski definition) is 1. The van der Waals surface area contributed by atoms with Crippen LogP contribution in [-0.4, -0.2) is 24.0 Å². The molecule has 0 spiro atoms. The number of esters is 1. The predicted molar refractivity (Wildman–Crippen MR) is 79.1 cm³/mol. The van der Waals surface area contributed by atoms with E-state index in [2.05, 4.69) is 18.5 Å². The van der Waals surface area contributed by atoms with Gasteiger partial charge in [0.15, 0.2) is 0 Å². The van der Waals surface area contributed by atoms with Gasteiger partial charge in [-0.2, -0.15) is 0 Å². The largest absolute Gasteiger partial charge is 0.460 e. The van der Waals surface area contributed by atoms with Gasteiger partial charge in [0.1, 0.15) is 6.10 Å². The highest BCUT2D eigenvalue weighted by atomic mass is 16.5. The van der Waals surface area contributed by atoms with E-state index in [0.29, 0.717) is 19.3 Å². The van der Waals surface area contributed by atoms with Crippen molar-refractivity contribution in [1.29, 1.82) is 0 Å². The minimum absolute atomic E-state index is 0.00279. The summed E-state index contributed by atoms with van der Waals surface area (Å²) in [5.74, 6) is -0.385. The van der Waals surface area contributed by atoms with E-state index in [0.717, 1.165) is 19.3 Å². The Labute approximate surface area is 121 Å². The maximum Gasteiger partial charge on any atom is 0.309 e. The average Bonchev–Trinajstić information content (AvgIpc) is 2.83. The van der Waals surface area contributed by atoms with E-state index >= 15 is 0 Å². The molecule has 112 valence electrons. The average molecular weight is 279 g/mol. The number of hydrogen-bond acceptors (Lipinski definition) is 3. The molecule has 3 atom stereocenters. The molecule has 0 heterocycles. The van der Waals surface area contributed by atoms with E-state index in [1.807, 2.05) is 6.92 Å². The Morgan fingerprint density at radius 1 is 1.35 bits per heavy atom. The molecule has 4 heteroatoms. The number of carbonyl (C=O) groups is 2. The maximum absolute atomic E-state index is 11.9. The molecule has 1 unspecified atom stereocenters. The number of rotatable bonds is 8. The first-order valence-corrected chi connectivity index (χ1v) is 7.30. The van der Waals surface area contributed by atoms with Gasteiger partial charge in [-0.15, -0.1) is 13.2 Å². The molecule has 1 aliphatic carbocycles. The fourth-order valence-electron chi connectivity index (χ4n) is 2.36. The fraction of sp³-hybridized carbons (Fsp3) is 0.625. The van der Waals surface area contributed by atoms with Gasteiger partial charge in [-0.1, -0.05) is 19.1 Å². The van der Waals surface area contributed by atoms with Crippen LogP contribution >= 0.6 is 0 Å². The maximum atomic E-state index is 11.9. The Bertz CT molecular complexity index is 365. The van der Waals surface area contributed by atoms with Crippen LogP contribution in [0.25, 0.3) is 0 Å². The molecule has 0 aliphatic heterocycles. The van der Waals surface area contributed by atoms with E-state index in [9.17, 15) is 9.59 Å². The Hall–Kier alpha value is -1.58. The zero-order valence-electron chi connectivity index (χ0n) is 12.3. The van der Waals surface area contributed by atoms with Gasteiger partial charge in [0.2, 0.25) is 5.91 Å². The van der Waals surface area contributed by atoms with Crippen molar-refractivity contribution < 1.29 is 14.3 Å². The molecular formula is C16H25NO3. The van der Waals surface area contributed by atoms with Crippen molar-refractivity contribution in [3.8, 4) is 0 Å². The molecule has 20 heavy (non-hydrogen) atoms. The van der Waals surface area contributed by atoms with Gasteiger partial charge in [-0.25, -0.2) is 0 Å². The highest BCUT2D eigenvalue weighted by molar-refractivity contribution is 5.76. The van der Waals surface area contributed by atoms with E-state index in [4.69, 9.17) is 4.74 Å². The van der Waals surface area contributed by atoms with E-state index in [1.54, 1.807) is 12.2 Å². The van der Waals surface area contributed by atoms with Crippen molar-refractivity contribution in [3.05, 3.63) is 25.3 Å². The first-order chi connectivity index (χ1) is 9.58. The third-order valence-electron chi connectivity index (χ3n) is 3.56. The van der Waals surface area contributed by atoms with Crippen molar-refractivity contribution in [2.75, 3.05) is 0 Å². The first kappa shape index (κ1) is 16.5. The summed E-state index contributed by atoms with van der Waals surface area (Å²) in [5, 5.41) is 2.96. The smallest absolute Gasteiger partial charge is 0.309 e. The van der Waals surface area contributed by atoms with Gasteiger partial charge in [0.05, 0.1) is 12.0 Å². The predicted octanol–water partition coefficient (Wildman–Crippen LogP) is 2.75. The molecule has 1 saturated carbocycles. The van der Waals surface area contributed by atoms with Crippen LogP contribution < -0.4 is 5.32 Å². The lowest BCUT2D eigenvalue weighted by atomic mass is 10.1. The van der Waals surface area contributed by atoms with Crippen molar-refractivity contribution in [2.24, 2.45) is 5.92 Å². The van der Waals surface area contributed by atoms with Crippen molar-refractivity contribution in [3.63, 3.8) is 0 Å². The number of carbonyl (C=O) groups excluding carboxylic acids is 2. The Morgan fingerprint density at radius 2 is 2.10 bits per heavy atom. The zero-order valence-corrected chi connectivity index (χ0v) is 12.3. The van der Waals surface area contributed by atoms with Crippen molar-refractivity contribution in [2.45, 2.75) is 57.6 Å². The highest BCUT2D eigenvalue weighted by Gasteiger charge is 2.32. The lowest BCUT2D eigenvalue weighted by molar-refractivity contribution is -0.154. The number of ether oxygens (including phenoxy) is 1.